The van der Waals surface area contributed by atoms with Crippen LogP contribution in [0, 0.1) is 0 Å². The monoisotopic (exact) mass is 360 g/mol. The Kier molecular flexibility index (Phi) is 7.38. The quantitative estimate of drug-likeness (QED) is 0.813. The molecule has 0 aromatic heterocycles. The molecular formula is C14H18Cl2F4N2. The van der Waals surface area contributed by atoms with E-state index < -0.39 is 24.5 Å². The van der Waals surface area contributed by atoms with Crippen molar-refractivity contribution in [1.82, 2.24) is 10.2 Å². The lowest BCUT2D eigenvalue weighted by Crippen LogP contribution is -2.45. The lowest BCUT2D eigenvalue weighted by atomic mass is 9.99. The molecule has 1 heterocycles. The fourth-order valence-corrected chi connectivity index (χ4v) is 2.85. The Morgan fingerprint density at radius 1 is 1.23 bits per heavy atom. The van der Waals surface area contributed by atoms with Crippen LogP contribution in [0.1, 0.15) is 23.6 Å². The molecule has 0 amide bonds. The Morgan fingerprint density at radius 2 is 1.86 bits per heavy atom. The van der Waals surface area contributed by atoms with Crippen molar-refractivity contribution in [3.8, 4) is 0 Å². The maximum atomic E-state index is 12.9. The minimum atomic E-state index is -4.43. The zero-order valence-corrected chi connectivity index (χ0v) is 13.4. The number of benzene rings is 1. The second-order valence-corrected chi connectivity index (χ2v) is 5.42. The molecule has 1 aromatic carbocycles. The first-order valence-electron chi connectivity index (χ1n) is 6.81. The first-order valence-corrected chi connectivity index (χ1v) is 7.18. The van der Waals surface area contributed by atoms with Gasteiger partial charge < -0.3 is 5.32 Å². The second-order valence-electron chi connectivity index (χ2n) is 5.01. The van der Waals surface area contributed by atoms with Gasteiger partial charge in [0, 0.05) is 37.2 Å². The molecule has 0 bridgehead atoms. The highest BCUT2D eigenvalue weighted by Gasteiger charge is 2.32. The maximum Gasteiger partial charge on any atom is 0.416 e. The van der Waals surface area contributed by atoms with E-state index in [4.69, 9.17) is 11.6 Å². The Morgan fingerprint density at radius 3 is 2.41 bits per heavy atom. The Hall–Kier alpha value is -0.560. The number of nitrogens with one attached hydrogen (secondary N) is 1. The average molecular weight is 361 g/mol. The van der Waals surface area contributed by atoms with E-state index in [2.05, 4.69) is 5.32 Å². The first-order chi connectivity index (χ1) is 9.93. The molecule has 1 fully saturated rings. The van der Waals surface area contributed by atoms with Crippen molar-refractivity contribution < 1.29 is 17.6 Å². The molecule has 1 saturated heterocycles. The van der Waals surface area contributed by atoms with E-state index in [0.717, 1.165) is 25.2 Å². The van der Waals surface area contributed by atoms with Gasteiger partial charge in [-0.15, -0.1) is 12.4 Å². The lowest BCUT2D eigenvalue weighted by Gasteiger charge is -2.35. The summed E-state index contributed by atoms with van der Waals surface area (Å²) in [5, 5.41) is 3.41. The van der Waals surface area contributed by atoms with Crippen molar-refractivity contribution in [3.63, 3.8) is 0 Å². The van der Waals surface area contributed by atoms with Crippen LogP contribution in [0.2, 0.25) is 5.02 Å². The largest absolute Gasteiger partial charge is 0.416 e. The van der Waals surface area contributed by atoms with E-state index in [-0.39, 0.29) is 23.9 Å². The fraction of sp³-hybridized carbons (Fsp3) is 0.571. The van der Waals surface area contributed by atoms with Crippen LogP contribution in [0.25, 0.3) is 0 Å². The van der Waals surface area contributed by atoms with Gasteiger partial charge in [-0.3, -0.25) is 9.29 Å². The van der Waals surface area contributed by atoms with E-state index >= 15 is 0 Å². The molecule has 1 aromatic rings. The highest BCUT2D eigenvalue weighted by Crippen LogP contribution is 2.36. The average Bonchev–Trinajstić information content (AvgIpc) is 2.45. The summed E-state index contributed by atoms with van der Waals surface area (Å²) in [6.45, 7) is 2.20. The molecule has 22 heavy (non-hydrogen) atoms. The summed E-state index contributed by atoms with van der Waals surface area (Å²) in [6, 6.07) is 2.82. The van der Waals surface area contributed by atoms with Crippen LogP contribution in [0.3, 0.4) is 0 Å². The van der Waals surface area contributed by atoms with Crippen molar-refractivity contribution in [2.75, 3.05) is 32.9 Å². The van der Waals surface area contributed by atoms with Crippen molar-refractivity contribution in [3.05, 3.63) is 34.3 Å². The molecule has 0 spiro atoms. The molecule has 1 aliphatic rings. The van der Waals surface area contributed by atoms with Crippen LogP contribution in [0.4, 0.5) is 17.6 Å². The van der Waals surface area contributed by atoms with Gasteiger partial charge in [-0.2, -0.15) is 13.2 Å². The topological polar surface area (TPSA) is 15.3 Å². The minimum absolute atomic E-state index is 0. The van der Waals surface area contributed by atoms with Gasteiger partial charge in [-0.1, -0.05) is 11.6 Å². The minimum Gasteiger partial charge on any atom is -0.314 e. The third-order valence-electron chi connectivity index (χ3n) is 3.66. The van der Waals surface area contributed by atoms with Gasteiger partial charge in [0.25, 0.3) is 0 Å². The van der Waals surface area contributed by atoms with Gasteiger partial charge in [0.1, 0.15) is 0 Å². The molecule has 0 aliphatic carbocycles. The fourth-order valence-electron chi connectivity index (χ4n) is 2.61. The summed E-state index contributed by atoms with van der Waals surface area (Å²) in [6.07, 6.45) is -4.29. The van der Waals surface area contributed by atoms with Gasteiger partial charge >= 0.3 is 6.18 Å². The summed E-state index contributed by atoms with van der Waals surface area (Å²) in [5.74, 6) is 0. The molecule has 1 aliphatic heterocycles. The van der Waals surface area contributed by atoms with Crippen LogP contribution in [-0.4, -0.2) is 37.8 Å². The SMILES string of the molecule is Cl.FCC[C@@H](c1cc(C(F)(F)F)ccc1Cl)N1CCNCC1. The molecule has 0 unspecified atom stereocenters. The van der Waals surface area contributed by atoms with Gasteiger partial charge in [-0.25, -0.2) is 0 Å². The predicted molar refractivity (Wildman–Crippen MR) is 81.5 cm³/mol. The Balaban J connectivity index is 0.00000242. The van der Waals surface area contributed by atoms with Crippen LogP contribution in [0.15, 0.2) is 18.2 Å². The van der Waals surface area contributed by atoms with Crippen LogP contribution in [-0.2, 0) is 6.18 Å². The number of halogens is 6. The Bertz CT molecular complexity index is 476. The standard InChI is InChI=1S/C14H17ClF4N2.ClH/c15-12-2-1-10(14(17,18)19)9-11(12)13(3-4-16)21-7-5-20-6-8-21;/h1-2,9,13,20H,3-8H2;1H/t13-;/m0./s1. The normalized spacial score (nSPS) is 17.9. The van der Waals surface area contributed by atoms with Crippen LogP contribution >= 0.6 is 24.0 Å². The molecule has 1 atom stereocenters. The Labute approximate surface area is 138 Å². The van der Waals surface area contributed by atoms with E-state index in [9.17, 15) is 17.6 Å². The van der Waals surface area contributed by atoms with Crippen LogP contribution < -0.4 is 5.32 Å². The molecule has 126 valence electrons. The third kappa shape index (κ3) is 4.72. The van der Waals surface area contributed by atoms with Gasteiger partial charge in [0.2, 0.25) is 0 Å². The van der Waals surface area contributed by atoms with Crippen molar-refractivity contribution >= 4 is 24.0 Å². The smallest absolute Gasteiger partial charge is 0.314 e. The molecule has 8 heteroatoms. The van der Waals surface area contributed by atoms with Crippen molar-refractivity contribution in [1.29, 1.82) is 0 Å². The van der Waals surface area contributed by atoms with Crippen molar-refractivity contribution in [2.45, 2.75) is 18.6 Å². The molecule has 2 rings (SSSR count). The number of nitrogens with zero attached hydrogens (tertiary/aromatic N) is 1. The maximum absolute atomic E-state index is 12.9. The predicted octanol–water partition coefficient (Wildman–Crippen LogP) is 4.09. The van der Waals surface area contributed by atoms with Crippen molar-refractivity contribution in [2.24, 2.45) is 0 Å². The van der Waals surface area contributed by atoms with Crippen LogP contribution in [0.5, 0.6) is 0 Å². The lowest BCUT2D eigenvalue weighted by molar-refractivity contribution is -0.137. The highest BCUT2D eigenvalue weighted by atomic mass is 35.5. The van der Waals surface area contributed by atoms with Gasteiger partial charge in [-0.05, 0) is 30.2 Å². The van der Waals surface area contributed by atoms with E-state index in [1.807, 2.05) is 4.90 Å². The second kappa shape index (κ2) is 8.34. The highest BCUT2D eigenvalue weighted by molar-refractivity contribution is 6.31. The van der Waals surface area contributed by atoms with E-state index in [1.54, 1.807) is 0 Å². The zero-order chi connectivity index (χ0) is 15.5. The third-order valence-corrected chi connectivity index (χ3v) is 4.00. The summed E-state index contributed by atoms with van der Waals surface area (Å²) >= 11 is 6.06. The molecule has 1 N–H and O–H groups in total. The van der Waals surface area contributed by atoms with Gasteiger partial charge in [0.05, 0.1) is 12.2 Å². The zero-order valence-electron chi connectivity index (χ0n) is 11.8. The summed E-state index contributed by atoms with van der Waals surface area (Å²) in [5.41, 5.74) is -0.396. The number of piperazine rings is 1. The summed E-state index contributed by atoms with van der Waals surface area (Å²) in [7, 11) is 0. The molecule has 0 saturated carbocycles. The molecular weight excluding hydrogens is 343 g/mol. The molecule has 0 radical (unpaired) electrons. The number of rotatable bonds is 4. The van der Waals surface area contributed by atoms with E-state index in [0.29, 0.717) is 18.7 Å². The summed E-state index contributed by atoms with van der Waals surface area (Å²) < 4.78 is 51.4. The molecule has 2 nitrogen and oxygen atoms in total. The number of hydrogen-bond acceptors (Lipinski definition) is 2. The first kappa shape index (κ1) is 19.5. The van der Waals surface area contributed by atoms with Gasteiger partial charge in [0.15, 0.2) is 0 Å². The number of hydrogen-bond donors (Lipinski definition) is 1. The van der Waals surface area contributed by atoms with E-state index in [1.165, 1.54) is 6.07 Å². The number of alkyl halides is 4. The summed E-state index contributed by atoms with van der Waals surface area (Å²) in [4.78, 5) is 1.98.